The number of Topliss-reactive ketones (excluding diaryl/α,β-unsaturated/α-hetero) is 1. The maximum Gasteiger partial charge on any atom is 0.176 e. The van der Waals surface area contributed by atoms with Crippen LogP contribution in [0.5, 0.6) is 0 Å². The third-order valence-corrected chi connectivity index (χ3v) is 5.19. The van der Waals surface area contributed by atoms with E-state index in [0.29, 0.717) is 19.7 Å². The molecule has 2 rings (SSSR count). The lowest BCUT2D eigenvalue weighted by atomic mass is 10.1. The molecule has 1 aromatic heterocycles. The Morgan fingerprint density at radius 1 is 1.56 bits per heavy atom. The van der Waals surface area contributed by atoms with Crippen molar-refractivity contribution in [2.45, 2.75) is 23.3 Å². The summed E-state index contributed by atoms with van der Waals surface area (Å²) in [6.07, 6.45) is 1.39. The number of rotatable bonds is 5. The summed E-state index contributed by atoms with van der Waals surface area (Å²) in [6, 6.07) is 5.74. The SMILES string of the molecule is CC(SSc1ccccn1)C(=O)C1C[N]CCO1. The summed E-state index contributed by atoms with van der Waals surface area (Å²) < 4.78 is 5.43. The summed E-state index contributed by atoms with van der Waals surface area (Å²) in [6.45, 7) is 3.66. The smallest absolute Gasteiger partial charge is 0.176 e. The highest BCUT2D eigenvalue weighted by Crippen LogP contribution is 2.33. The van der Waals surface area contributed by atoms with Gasteiger partial charge in [-0.15, -0.1) is 0 Å². The Balaban J connectivity index is 1.80. The van der Waals surface area contributed by atoms with Crippen molar-refractivity contribution in [3.63, 3.8) is 0 Å². The minimum absolute atomic E-state index is 0.115. The number of carbonyl (C=O) groups is 1. The Hall–Kier alpha value is -0.560. The summed E-state index contributed by atoms with van der Waals surface area (Å²) in [5.74, 6) is 0.117. The van der Waals surface area contributed by atoms with Gasteiger partial charge in [0.25, 0.3) is 0 Å². The van der Waals surface area contributed by atoms with Crippen molar-refractivity contribution in [2.24, 2.45) is 0 Å². The van der Waals surface area contributed by atoms with E-state index in [-0.39, 0.29) is 17.1 Å². The van der Waals surface area contributed by atoms with Gasteiger partial charge in [-0.05, 0) is 29.9 Å². The molecule has 0 N–H and O–H groups in total. The largest absolute Gasteiger partial charge is 0.368 e. The molecule has 1 aliphatic rings. The van der Waals surface area contributed by atoms with E-state index in [1.165, 1.54) is 21.6 Å². The molecule has 0 spiro atoms. The van der Waals surface area contributed by atoms with Crippen LogP contribution in [0.4, 0.5) is 0 Å². The second-order valence-electron chi connectivity index (χ2n) is 3.88. The molecule has 4 nitrogen and oxygen atoms in total. The van der Waals surface area contributed by atoms with E-state index in [9.17, 15) is 4.79 Å². The molecule has 0 saturated carbocycles. The third kappa shape index (κ3) is 3.98. The predicted molar refractivity (Wildman–Crippen MR) is 73.8 cm³/mol. The van der Waals surface area contributed by atoms with Gasteiger partial charge in [0.1, 0.15) is 11.1 Å². The van der Waals surface area contributed by atoms with Gasteiger partial charge in [0.2, 0.25) is 0 Å². The Labute approximate surface area is 115 Å². The van der Waals surface area contributed by atoms with Crippen LogP contribution in [0, 0.1) is 0 Å². The first-order valence-corrected chi connectivity index (χ1v) is 8.01. The average molecular weight is 283 g/mol. The maximum absolute atomic E-state index is 12.1. The third-order valence-electron chi connectivity index (χ3n) is 2.50. The molecule has 2 atom stereocenters. The zero-order chi connectivity index (χ0) is 12.8. The number of aromatic nitrogens is 1. The lowest BCUT2D eigenvalue weighted by molar-refractivity contribution is -0.131. The second kappa shape index (κ2) is 7.13. The fourth-order valence-corrected chi connectivity index (χ4v) is 3.56. The van der Waals surface area contributed by atoms with Crippen LogP contribution in [0.1, 0.15) is 6.92 Å². The van der Waals surface area contributed by atoms with E-state index in [0.717, 1.165) is 5.03 Å². The highest BCUT2D eigenvalue weighted by Gasteiger charge is 2.27. The summed E-state index contributed by atoms with van der Waals surface area (Å²) in [4.78, 5) is 16.3. The van der Waals surface area contributed by atoms with Crippen LogP contribution < -0.4 is 5.32 Å². The van der Waals surface area contributed by atoms with Crippen molar-refractivity contribution in [1.82, 2.24) is 10.3 Å². The molecule has 1 aromatic rings. The van der Waals surface area contributed by atoms with E-state index in [2.05, 4.69) is 10.3 Å². The molecule has 1 saturated heterocycles. The van der Waals surface area contributed by atoms with Gasteiger partial charge in [-0.25, -0.2) is 10.3 Å². The molecule has 2 unspecified atom stereocenters. The van der Waals surface area contributed by atoms with Gasteiger partial charge in [-0.2, -0.15) is 0 Å². The molecule has 1 aliphatic heterocycles. The Kier molecular flexibility index (Phi) is 5.49. The molecule has 1 radical (unpaired) electrons. The van der Waals surface area contributed by atoms with Crippen molar-refractivity contribution in [3.05, 3.63) is 24.4 Å². The molecule has 1 fully saturated rings. The lowest BCUT2D eigenvalue weighted by Crippen LogP contribution is -2.42. The van der Waals surface area contributed by atoms with Crippen molar-refractivity contribution in [2.75, 3.05) is 19.7 Å². The fraction of sp³-hybridized carbons (Fsp3) is 0.500. The second-order valence-corrected chi connectivity index (χ2v) is 6.44. The summed E-state index contributed by atoms with van der Waals surface area (Å²) in [5.41, 5.74) is 0. The van der Waals surface area contributed by atoms with E-state index in [1.54, 1.807) is 6.20 Å². The molecule has 2 heterocycles. The van der Waals surface area contributed by atoms with Crippen molar-refractivity contribution in [3.8, 4) is 0 Å². The Bertz CT molecular complexity index is 383. The number of ketones is 1. The van der Waals surface area contributed by atoms with Gasteiger partial charge in [-0.1, -0.05) is 16.9 Å². The first kappa shape index (κ1) is 13.9. The van der Waals surface area contributed by atoms with Gasteiger partial charge in [0.05, 0.1) is 11.9 Å². The molecule has 97 valence electrons. The maximum atomic E-state index is 12.1. The molecule has 18 heavy (non-hydrogen) atoms. The average Bonchev–Trinajstić information content (AvgIpc) is 2.46. The van der Waals surface area contributed by atoms with E-state index < -0.39 is 0 Å². The van der Waals surface area contributed by atoms with Gasteiger partial charge >= 0.3 is 0 Å². The normalized spacial score (nSPS) is 21.5. The first-order chi connectivity index (χ1) is 8.77. The topological polar surface area (TPSA) is 53.3 Å². The summed E-state index contributed by atoms with van der Waals surface area (Å²) in [7, 11) is 3.03. The molecule has 0 aliphatic carbocycles. The summed E-state index contributed by atoms with van der Waals surface area (Å²) in [5, 5.41) is 5.00. The highest BCUT2D eigenvalue weighted by atomic mass is 33.1. The van der Waals surface area contributed by atoms with Crippen LogP contribution in [-0.2, 0) is 9.53 Å². The number of morpholine rings is 1. The van der Waals surface area contributed by atoms with E-state index in [1.807, 2.05) is 25.1 Å². The van der Waals surface area contributed by atoms with Crippen LogP contribution in [-0.4, -0.2) is 41.8 Å². The monoisotopic (exact) mass is 283 g/mol. The number of hydrogen-bond acceptors (Lipinski definition) is 5. The lowest BCUT2D eigenvalue weighted by Gasteiger charge is -2.23. The number of pyridine rings is 1. The fourth-order valence-electron chi connectivity index (χ4n) is 1.52. The van der Waals surface area contributed by atoms with Crippen molar-refractivity contribution in [1.29, 1.82) is 0 Å². The van der Waals surface area contributed by atoms with Crippen molar-refractivity contribution < 1.29 is 9.53 Å². The van der Waals surface area contributed by atoms with Crippen molar-refractivity contribution >= 4 is 27.4 Å². The highest BCUT2D eigenvalue weighted by molar-refractivity contribution is 8.77. The van der Waals surface area contributed by atoms with Crippen LogP contribution in [0.25, 0.3) is 0 Å². The number of carbonyl (C=O) groups excluding carboxylic acids is 1. The zero-order valence-electron chi connectivity index (χ0n) is 10.1. The number of hydrogen-bond donors (Lipinski definition) is 0. The first-order valence-electron chi connectivity index (χ1n) is 5.80. The molecular formula is C12H15N2O2S2. The molecule has 0 bridgehead atoms. The summed E-state index contributed by atoms with van der Waals surface area (Å²) >= 11 is 0. The predicted octanol–water partition coefficient (Wildman–Crippen LogP) is 1.78. The van der Waals surface area contributed by atoms with Gasteiger partial charge in [-0.3, -0.25) is 4.79 Å². The standard InChI is InChI=1S/C12H15N2O2S2/c1-9(12(15)10-8-13-6-7-16-10)17-18-11-4-2-3-5-14-11/h2-5,9-10H,6-8H2,1H3. The van der Waals surface area contributed by atoms with E-state index >= 15 is 0 Å². The molecule has 6 heteroatoms. The quantitative estimate of drug-likeness (QED) is 0.771. The number of ether oxygens (including phenoxy) is 1. The van der Waals surface area contributed by atoms with Crippen LogP contribution in [0.15, 0.2) is 29.4 Å². The van der Waals surface area contributed by atoms with Gasteiger partial charge < -0.3 is 4.74 Å². The molecule has 0 aromatic carbocycles. The number of nitrogens with zero attached hydrogens (tertiary/aromatic N) is 2. The van der Waals surface area contributed by atoms with Crippen LogP contribution >= 0.6 is 21.6 Å². The Morgan fingerprint density at radius 3 is 3.11 bits per heavy atom. The molecular weight excluding hydrogens is 268 g/mol. The minimum atomic E-state index is -0.356. The van der Waals surface area contributed by atoms with Gasteiger partial charge in [0, 0.05) is 19.3 Å². The van der Waals surface area contributed by atoms with Gasteiger partial charge in [0.15, 0.2) is 5.78 Å². The van der Waals surface area contributed by atoms with Crippen LogP contribution in [0.3, 0.4) is 0 Å². The van der Waals surface area contributed by atoms with E-state index in [4.69, 9.17) is 4.74 Å². The Morgan fingerprint density at radius 2 is 2.44 bits per heavy atom. The van der Waals surface area contributed by atoms with Crippen LogP contribution in [0.2, 0.25) is 0 Å². The minimum Gasteiger partial charge on any atom is -0.368 e. The zero-order valence-corrected chi connectivity index (χ0v) is 11.7. The molecule has 0 amide bonds.